The van der Waals surface area contributed by atoms with Gasteiger partial charge in [-0.15, -0.1) is 11.8 Å². The van der Waals surface area contributed by atoms with E-state index in [0.29, 0.717) is 10.6 Å². The van der Waals surface area contributed by atoms with E-state index in [1.807, 2.05) is 32.0 Å². The molecule has 1 N–H and O–H groups in total. The van der Waals surface area contributed by atoms with Crippen molar-refractivity contribution in [2.45, 2.75) is 30.4 Å². The van der Waals surface area contributed by atoms with Crippen LogP contribution in [0.4, 0.5) is 5.69 Å². The highest BCUT2D eigenvalue weighted by Crippen LogP contribution is 2.37. The molecule has 1 aliphatic rings. The number of rotatable bonds is 4. The molecule has 2 amide bonds. The fourth-order valence-electron chi connectivity index (χ4n) is 2.99. The molecule has 0 aromatic heterocycles. The van der Waals surface area contributed by atoms with Crippen LogP contribution in [0.15, 0.2) is 47.4 Å². The van der Waals surface area contributed by atoms with Crippen molar-refractivity contribution in [1.82, 2.24) is 0 Å². The summed E-state index contributed by atoms with van der Waals surface area (Å²) in [5.41, 5.74) is 2.49. The Morgan fingerprint density at radius 1 is 1.08 bits per heavy atom. The first-order chi connectivity index (χ1) is 11.9. The van der Waals surface area contributed by atoms with Gasteiger partial charge in [0.1, 0.15) is 0 Å². The highest BCUT2D eigenvalue weighted by atomic mass is 32.2. The Kier molecular flexibility index (Phi) is 4.63. The van der Waals surface area contributed by atoms with Gasteiger partial charge in [-0.3, -0.25) is 9.59 Å². The van der Waals surface area contributed by atoms with Crippen molar-refractivity contribution >= 4 is 35.2 Å². The Morgan fingerprint density at radius 2 is 1.72 bits per heavy atom. The zero-order chi connectivity index (χ0) is 18.1. The molecule has 1 fully saturated rings. The van der Waals surface area contributed by atoms with Gasteiger partial charge in [0.25, 0.3) is 0 Å². The van der Waals surface area contributed by atoms with Gasteiger partial charge in [-0.2, -0.15) is 0 Å². The minimum atomic E-state index is -1.05. The normalized spacial score (nSPS) is 17.2. The molecule has 0 radical (unpaired) electrons. The molecular formula is C19H17NO4S. The first kappa shape index (κ1) is 17.2. The minimum Gasteiger partial charge on any atom is -0.478 e. The maximum Gasteiger partial charge on any atom is 0.336 e. The van der Waals surface area contributed by atoms with Gasteiger partial charge in [-0.25, -0.2) is 9.69 Å². The van der Waals surface area contributed by atoms with Gasteiger partial charge in [-0.05, 0) is 37.1 Å². The number of anilines is 1. The van der Waals surface area contributed by atoms with Crippen molar-refractivity contribution in [1.29, 1.82) is 0 Å². The summed E-state index contributed by atoms with van der Waals surface area (Å²) >= 11 is 1.14. The number of aromatic carboxylic acids is 1. The average Bonchev–Trinajstić information content (AvgIpc) is 2.83. The molecule has 3 rings (SSSR count). The smallest absolute Gasteiger partial charge is 0.336 e. The highest BCUT2D eigenvalue weighted by Gasteiger charge is 2.41. The van der Waals surface area contributed by atoms with E-state index in [0.717, 1.165) is 22.9 Å². The summed E-state index contributed by atoms with van der Waals surface area (Å²) in [5.74, 6) is -1.60. The molecule has 128 valence electrons. The number of imide groups is 1. The van der Waals surface area contributed by atoms with Crippen molar-refractivity contribution in [2.24, 2.45) is 0 Å². The molecule has 2 aromatic carbocycles. The molecule has 5 nitrogen and oxygen atoms in total. The van der Waals surface area contributed by atoms with Crippen molar-refractivity contribution in [3.63, 3.8) is 0 Å². The van der Waals surface area contributed by atoms with Gasteiger partial charge >= 0.3 is 5.97 Å². The summed E-state index contributed by atoms with van der Waals surface area (Å²) in [6.45, 7) is 3.73. The van der Waals surface area contributed by atoms with Crippen LogP contribution in [0.2, 0.25) is 0 Å². The zero-order valence-electron chi connectivity index (χ0n) is 13.9. The second-order valence-electron chi connectivity index (χ2n) is 5.92. The number of nitrogens with zero attached hydrogens (tertiary/aromatic N) is 1. The maximum atomic E-state index is 12.8. The third-order valence-corrected chi connectivity index (χ3v) is 5.42. The second-order valence-corrected chi connectivity index (χ2v) is 7.16. The third-order valence-electron chi connectivity index (χ3n) is 4.16. The predicted octanol–water partition coefficient (Wildman–Crippen LogP) is 3.43. The van der Waals surface area contributed by atoms with E-state index in [1.54, 1.807) is 18.2 Å². The molecule has 1 atom stereocenters. The molecule has 1 aliphatic heterocycles. The fourth-order valence-corrected chi connectivity index (χ4v) is 4.17. The summed E-state index contributed by atoms with van der Waals surface area (Å²) in [6.07, 6.45) is 0.0607. The number of carboxylic acid groups (broad SMARTS) is 1. The van der Waals surface area contributed by atoms with Crippen molar-refractivity contribution in [2.75, 3.05) is 4.90 Å². The molecular weight excluding hydrogens is 338 g/mol. The number of carboxylic acids is 1. The van der Waals surface area contributed by atoms with Gasteiger partial charge in [-0.1, -0.05) is 30.3 Å². The SMILES string of the molecule is Cc1cccc(C)c1N1C(=O)CC(Sc2ccccc2C(=O)O)C1=O. The summed E-state index contributed by atoms with van der Waals surface area (Å²) in [5, 5.41) is 8.67. The van der Waals surface area contributed by atoms with Gasteiger partial charge in [0, 0.05) is 11.3 Å². The van der Waals surface area contributed by atoms with E-state index in [4.69, 9.17) is 0 Å². The Bertz CT molecular complexity index is 857. The first-order valence-electron chi connectivity index (χ1n) is 7.82. The van der Waals surface area contributed by atoms with E-state index < -0.39 is 11.2 Å². The number of para-hydroxylation sites is 1. The largest absolute Gasteiger partial charge is 0.478 e. The number of hydrogen-bond donors (Lipinski definition) is 1. The van der Waals surface area contributed by atoms with Gasteiger partial charge in [0.2, 0.25) is 11.8 Å². The lowest BCUT2D eigenvalue weighted by molar-refractivity contribution is -0.121. The Labute approximate surface area is 149 Å². The van der Waals surface area contributed by atoms with E-state index in [9.17, 15) is 19.5 Å². The number of carbonyl (C=O) groups excluding carboxylic acids is 2. The number of benzene rings is 2. The van der Waals surface area contributed by atoms with Crippen LogP contribution in [0.5, 0.6) is 0 Å². The predicted molar refractivity (Wildman–Crippen MR) is 96.1 cm³/mol. The number of aryl methyl sites for hydroxylation is 2. The van der Waals surface area contributed by atoms with E-state index in [-0.39, 0.29) is 23.8 Å². The number of thioether (sulfide) groups is 1. The third kappa shape index (κ3) is 3.17. The standard InChI is InChI=1S/C19H17NO4S/c1-11-6-5-7-12(2)17(11)20-16(21)10-15(18(20)22)25-14-9-4-3-8-13(14)19(23)24/h3-9,15H,10H2,1-2H3,(H,23,24). The molecule has 1 saturated heterocycles. The summed E-state index contributed by atoms with van der Waals surface area (Å²) in [6, 6.07) is 12.1. The molecule has 0 bridgehead atoms. The van der Waals surface area contributed by atoms with Crippen molar-refractivity contribution < 1.29 is 19.5 Å². The van der Waals surface area contributed by atoms with Crippen LogP contribution in [-0.4, -0.2) is 28.1 Å². The molecule has 1 heterocycles. The molecule has 6 heteroatoms. The number of hydrogen-bond acceptors (Lipinski definition) is 4. The lowest BCUT2D eigenvalue weighted by Gasteiger charge is -2.20. The monoisotopic (exact) mass is 355 g/mol. The quantitative estimate of drug-likeness (QED) is 0.851. The van der Waals surface area contributed by atoms with Gasteiger partial charge < -0.3 is 5.11 Å². The summed E-state index contributed by atoms with van der Waals surface area (Å²) in [7, 11) is 0. The van der Waals surface area contributed by atoms with E-state index >= 15 is 0 Å². The van der Waals surface area contributed by atoms with Crippen LogP contribution in [0.3, 0.4) is 0 Å². The lowest BCUT2D eigenvalue weighted by atomic mass is 10.1. The van der Waals surface area contributed by atoms with Crippen LogP contribution in [0.25, 0.3) is 0 Å². The van der Waals surface area contributed by atoms with E-state index in [1.165, 1.54) is 11.0 Å². The molecule has 1 unspecified atom stereocenters. The van der Waals surface area contributed by atoms with Crippen LogP contribution in [-0.2, 0) is 9.59 Å². The Morgan fingerprint density at radius 3 is 2.36 bits per heavy atom. The van der Waals surface area contributed by atoms with E-state index in [2.05, 4.69) is 0 Å². The summed E-state index contributed by atoms with van der Waals surface area (Å²) < 4.78 is 0. The maximum absolute atomic E-state index is 12.8. The Balaban J connectivity index is 1.92. The van der Waals surface area contributed by atoms with Crippen LogP contribution in [0, 0.1) is 13.8 Å². The fraction of sp³-hybridized carbons (Fsp3) is 0.211. The molecule has 2 aromatic rings. The topological polar surface area (TPSA) is 74.7 Å². The zero-order valence-corrected chi connectivity index (χ0v) is 14.7. The molecule has 0 spiro atoms. The van der Waals surface area contributed by atoms with Crippen LogP contribution in [0.1, 0.15) is 27.9 Å². The molecule has 25 heavy (non-hydrogen) atoms. The highest BCUT2D eigenvalue weighted by molar-refractivity contribution is 8.00. The Hall–Kier alpha value is -2.60. The van der Waals surface area contributed by atoms with Gasteiger partial charge in [0.05, 0.1) is 16.5 Å². The van der Waals surface area contributed by atoms with Crippen molar-refractivity contribution in [3.05, 3.63) is 59.2 Å². The minimum absolute atomic E-state index is 0.0607. The van der Waals surface area contributed by atoms with Gasteiger partial charge in [0.15, 0.2) is 0 Å². The van der Waals surface area contributed by atoms with Crippen LogP contribution >= 0.6 is 11.8 Å². The average molecular weight is 355 g/mol. The van der Waals surface area contributed by atoms with Crippen molar-refractivity contribution in [3.8, 4) is 0 Å². The second kappa shape index (κ2) is 6.72. The lowest BCUT2D eigenvalue weighted by Crippen LogP contribution is -2.32. The summed E-state index contributed by atoms with van der Waals surface area (Å²) in [4.78, 5) is 38.4. The molecule has 0 aliphatic carbocycles. The number of amides is 2. The molecule has 0 saturated carbocycles. The van der Waals surface area contributed by atoms with Crippen LogP contribution < -0.4 is 4.90 Å². The number of carbonyl (C=O) groups is 3. The first-order valence-corrected chi connectivity index (χ1v) is 8.70.